The zero-order valence-electron chi connectivity index (χ0n) is 29.9. The summed E-state index contributed by atoms with van der Waals surface area (Å²) in [6.07, 6.45) is 1.89. The van der Waals surface area contributed by atoms with Gasteiger partial charge in [-0.1, -0.05) is 58.9 Å². The first-order chi connectivity index (χ1) is 22.3. The molecule has 2 aromatic rings. The van der Waals surface area contributed by atoms with E-state index in [4.69, 9.17) is 4.84 Å². The Labute approximate surface area is 287 Å². The van der Waals surface area contributed by atoms with Crippen molar-refractivity contribution < 1.29 is 19.8 Å². The molecule has 3 saturated carbocycles. The molecule has 4 aliphatic rings. The van der Waals surface area contributed by atoms with Crippen molar-refractivity contribution in [2.75, 3.05) is 27.2 Å². The minimum atomic E-state index is -0.810. The van der Waals surface area contributed by atoms with E-state index in [1.807, 2.05) is 0 Å². The molecule has 9 heteroatoms. The number of carbonyl (C=O) groups excluding carboxylic acids is 1. The van der Waals surface area contributed by atoms with Gasteiger partial charge in [-0.25, -0.2) is 0 Å². The Hall–Kier alpha value is -1.85. The van der Waals surface area contributed by atoms with Crippen molar-refractivity contribution in [1.29, 1.82) is 0 Å². The number of aliphatic hydroxyl groups is 2. The average Bonchev–Trinajstić information content (AvgIpc) is 3.64. The molecule has 262 valence electrons. The first-order valence-corrected chi connectivity index (χ1v) is 18.7. The molecule has 1 amide bonds. The highest BCUT2D eigenvalue weighted by Crippen LogP contribution is 2.61. The van der Waals surface area contributed by atoms with Crippen LogP contribution in [-0.2, 0) is 29.3 Å². The Kier molecular flexibility index (Phi) is 11.9. The maximum Gasteiger partial charge on any atom is 0.240 e. The van der Waals surface area contributed by atoms with Gasteiger partial charge in [0.1, 0.15) is 12.1 Å². The average molecular weight is 669 g/mol. The predicted molar refractivity (Wildman–Crippen MR) is 189 cm³/mol. The van der Waals surface area contributed by atoms with Crippen molar-refractivity contribution in [2.24, 2.45) is 35.0 Å². The number of hydrogen-bond donors (Lipinski definition) is 3. The molecule has 47 heavy (non-hydrogen) atoms. The Morgan fingerprint density at radius 2 is 1.85 bits per heavy atom. The third-order valence-corrected chi connectivity index (χ3v) is 12.3. The van der Waals surface area contributed by atoms with Crippen LogP contribution in [-0.4, -0.2) is 88.6 Å². The smallest absolute Gasteiger partial charge is 0.240 e. The molecule has 9 atom stereocenters. The van der Waals surface area contributed by atoms with Gasteiger partial charge in [-0.3, -0.25) is 14.5 Å². The summed E-state index contributed by atoms with van der Waals surface area (Å²) in [5.74, 6) is 1.58. The number of likely N-dealkylation sites (N-methyl/N-ethyl adjacent to an activating group) is 1. The summed E-state index contributed by atoms with van der Waals surface area (Å²) in [5, 5.41) is 30.6. The van der Waals surface area contributed by atoms with Crippen LogP contribution in [0.5, 0.6) is 0 Å². The van der Waals surface area contributed by atoms with E-state index in [1.54, 1.807) is 23.3 Å². The third kappa shape index (κ3) is 8.31. The maximum atomic E-state index is 14.1. The molecule has 0 spiro atoms. The fourth-order valence-corrected chi connectivity index (χ4v) is 9.62. The normalized spacial score (nSPS) is 30.1. The van der Waals surface area contributed by atoms with Crippen LogP contribution >= 0.6 is 11.3 Å². The maximum absolute atomic E-state index is 14.1. The van der Waals surface area contributed by atoms with Crippen molar-refractivity contribution in [1.82, 2.24) is 20.2 Å². The van der Waals surface area contributed by atoms with Gasteiger partial charge in [0, 0.05) is 37.6 Å². The Morgan fingerprint density at radius 3 is 2.45 bits per heavy atom. The van der Waals surface area contributed by atoms with E-state index in [0.717, 1.165) is 38.0 Å². The van der Waals surface area contributed by atoms with Crippen molar-refractivity contribution >= 4 is 17.2 Å². The summed E-state index contributed by atoms with van der Waals surface area (Å²) in [4.78, 5) is 25.3. The van der Waals surface area contributed by atoms with Gasteiger partial charge in [0.2, 0.25) is 5.91 Å². The van der Waals surface area contributed by atoms with E-state index in [1.165, 1.54) is 17.5 Å². The van der Waals surface area contributed by atoms with Crippen LogP contribution in [0.25, 0.3) is 0 Å². The lowest BCUT2D eigenvalue weighted by Gasteiger charge is -2.62. The van der Waals surface area contributed by atoms with Gasteiger partial charge in [-0.2, -0.15) is 16.4 Å². The molecule has 0 unspecified atom stereocenters. The molecule has 2 heterocycles. The van der Waals surface area contributed by atoms with Gasteiger partial charge in [-0.15, -0.1) is 0 Å². The number of nitrogens with one attached hydrogen (secondary N) is 1. The van der Waals surface area contributed by atoms with E-state index in [9.17, 15) is 15.0 Å². The Morgan fingerprint density at radius 1 is 1.13 bits per heavy atom. The third-order valence-electron chi connectivity index (χ3n) is 11.6. The number of aliphatic hydroxyl groups excluding tert-OH is 2. The fraction of sp³-hybridized carbons (Fsp3) is 0.711. The van der Waals surface area contributed by atoms with Gasteiger partial charge in [-0.05, 0) is 103 Å². The first-order valence-electron chi connectivity index (χ1n) is 17.8. The van der Waals surface area contributed by atoms with Crippen LogP contribution in [0.1, 0.15) is 77.5 Å². The second-order valence-corrected chi connectivity index (χ2v) is 16.9. The molecule has 1 aliphatic heterocycles. The number of rotatable bonds is 15. The molecule has 4 fully saturated rings. The zero-order valence-corrected chi connectivity index (χ0v) is 30.7. The lowest BCUT2D eigenvalue weighted by atomic mass is 9.45. The summed E-state index contributed by atoms with van der Waals surface area (Å²) in [6.45, 7) is 16.1. The molecule has 2 bridgehead atoms. The summed E-state index contributed by atoms with van der Waals surface area (Å²) in [7, 11) is 4.30. The summed E-state index contributed by atoms with van der Waals surface area (Å²) < 4.78 is 0. The SMILES string of the molecule is CC(C)C[C@@H](CN(C)C)N(Cc1ccsc1)Cc1cccc(CN2O[C@@H](CO)[C@@H]([C@H](C)O)[C@H]2C(=O)N[C@H]2C[C@H]3C[C@@H]([C@@H]2C)C3(C)C)c1. The number of hydroxylamine groups is 2. The van der Waals surface area contributed by atoms with Crippen molar-refractivity contribution in [3.8, 4) is 0 Å². The fourth-order valence-electron chi connectivity index (χ4n) is 8.96. The van der Waals surface area contributed by atoms with E-state index in [0.29, 0.717) is 41.7 Å². The molecule has 6 rings (SSSR count). The van der Waals surface area contributed by atoms with Crippen LogP contribution in [0.2, 0.25) is 0 Å². The van der Waals surface area contributed by atoms with Gasteiger partial charge < -0.3 is 20.4 Å². The zero-order chi connectivity index (χ0) is 34.0. The van der Waals surface area contributed by atoms with Crippen LogP contribution < -0.4 is 5.32 Å². The minimum absolute atomic E-state index is 0.110. The number of carbonyl (C=O) groups is 1. The molecular formula is C38H60N4O4S. The van der Waals surface area contributed by atoms with Crippen molar-refractivity contribution in [2.45, 2.75) is 111 Å². The first kappa shape index (κ1) is 36.4. The summed E-state index contributed by atoms with van der Waals surface area (Å²) >= 11 is 1.74. The molecule has 1 aromatic heterocycles. The Bertz CT molecular complexity index is 1290. The molecule has 3 N–H and O–H groups in total. The predicted octanol–water partition coefficient (Wildman–Crippen LogP) is 5.39. The summed E-state index contributed by atoms with van der Waals surface area (Å²) in [5.41, 5.74) is 3.93. The molecule has 1 aromatic carbocycles. The monoisotopic (exact) mass is 668 g/mol. The second-order valence-electron chi connectivity index (χ2n) is 16.1. The van der Waals surface area contributed by atoms with E-state index >= 15 is 0 Å². The van der Waals surface area contributed by atoms with Crippen molar-refractivity contribution in [3.63, 3.8) is 0 Å². The van der Waals surface area contributed by atoms with Crippen LogP contribution in [0.4, 0.5) is 0 Å². The number of thiophene rings is 1. The highest BCUT2D eigenvalue weighted by Gasteiger charge is 2.57. The van der Waals surface area contributed by atoms with E-state index in [2.05, 4.69) is 105 Å². The second kappa shape index (κ2) is 15.4. The number of nitrogens with zero attached hydrogens (tertiary/aromatic N) is 3. The minimum Gasteiger partial charge on any atom is -0.394 e. The van der Waals surface area contributed by atoms with Gasteiger partial charge in [0.25, 0.3) is 0 Å². The highest BCUT2D eigenvalue weighted by molar-refractivity contribution is 7.07. The lowest BCUT2D eigenvalue weighted by molar-refractivity contribution is -0.183. The number of hydrogen-bond acceptors (Lipinski definition) is 8. The lowest BCUT2D eigenvalue weighted by Crippen LogP contribution is -2.62. The molecule has 8 nitrogen and oxygen atoms in total. The van der Waals surface area contributed by atoms with E-state index < -0.39 is 24.2 Å². The van der Waals surface area contributed by atoms with Crippen LogP contribution in [0.15, 0.2) is 41.1 Å². The molecule has 0 radical (unpaired) electrons. The van der Waals surface area contributed by atoms with Gasteiger partial charge in [0.15, 0.2) is 0 Å². The quantitative estimate of drug-likeness (QED) is 0.235. The number of benzene rings is 1. The van der Waals surface area contributed by atoms with Crippen molar-refractivity contribution in [3.05, 3.63) is 57.8 Å². The van der Waals surface area contributed by atoms with Crippen LogP contribution in [0.3, 0.4) is 0 Å². The Balaban J connectivity index is 1.34. The highest BCUT2D eigenvalue weighted by atomic mass is 32.1. The largest absolute Gasteiger partial charge is 0.394 e. The van der Waals surface area contributed by atoms with Gasteiger partial charge in [0.05, 0.1) is 19.3 Å². The topological polar surface area (TPSA) is 88.5 Å². The van der Waals surface area contributed by atoms with Crippen LogP contribution in [0, 0.1) is 35.0 Å². The molecule has 3 aliphatic carbocycles. The number of fused-ring (bicyclic) bond motifs is 2. The molecule has 1 saturated heterocycles. The standard InChI is InChI=1S/C38H60N4O4S/c1-24(2)14-31(21-40(7)8)41(19-29-12-13-47-23-29)18-27-10-9-11-28(15-27)20-42-36(35(26(4)44)34(22-43)46-42)37(45)39-33-17-30-16-32(25(33)3)38(30,5)6/h9-13,15,23-26,30-36,43-44H,14,16-22H2,1-8H3,(H,39,45)/t25-,26-,30+,31-,32-,33-,34-,35+,36-/m0/s1. The number of amides is 1. The van der Waals surface area contributed by atoms with Gasteiger partial charge >= 0.3 is 0 Å². The van der Waals surface area contributed by atoms with E-state index in [-0.39, 0.29) is 18.6 Å². The molecular weight excluding hydrogens is 609 g/mol. The summed E-state index contributed by atoms with van der Waals surface area (Å²) in [6, 6.07) is 10.6.